The summed E-state index contributed by atoms with van der Waals surface area (Å²) in [6, 6.07) is 0.616. The van der Waals surface area contributed by atoms with Crippen LogP contribution in [0.15, 0.2) is 0 Å². The molecule has 1 unspecified atom stereocenters. The molecule has 0 spiro atoms. The average molecular weight is 255 g/mol. The molecule has 0 aliphatic carbocycles. The van der Waals surface area contributed by atoms with Gasteiger partial charge in [-0.1, -0.05) is 40.0 Å². The van der Waals surface area contributed by atoms with E-state index in [1.165, 1.54) is 58.4 Å². The Morgan fingerprint density at radius 2 is 1.61 bits per heavy atom. The fourth-order valence-electron chi connectivity index (χ4n) is 3.01. The molecule has 1 fully saturated rings. The molecule has 2 N–H and O–H groups in total. The molecule has 0 saturated carbocycles. The van der Waals surface area contributed by atoms with Gasteiger partial charge in [-0.3, -0.25) is 4.90 Å². The lowest BCUT2D eigenvalue weighted by Gasteiger charge is -2.40. The monoisotopic (exact) mass is 255 g/mol. The number of hydrogen-bond acceptors (Lipinski definition) is 3. The molecule has 0 aromatic rings. The second-order valence-corrected chi connectivity index (χ2v) is 5.70. The molecule has 0 amide bonds. The molecule has 18 heavy (non-hydrogen) atoms. The zero-order chi connectivity index (χ0) is 13.4. The quantitative estimate of drug-likeness (QED) is 0.721. The van der Waals surface area contributed by atoms with Gasteiger partial charge in [0.25, 0.3) is 0 Å². The first-order valence-electron chi connectivity index (χ1n) is 7.91. The van der Waals surface area contributed by atoms with Gasteiger partial charge < -0.3 is 10.6 Å². The second-order valence-electron chi connectivity index (χ2n) is 5.70. The van der Waals surface area contributed by atoms with Crippen LogP contribution in [-0.4, -0.2) is 55.1 Å². The van der Waals surface area contributed by atoms with E-state index in [2.05, 4.69) is 30.6 Å². The second kappa shape index (κ2) is 8.89. The standard InChI is InChI=1S/C15H33N3/c1-4-7-15(12-16)18-10-8-17(9-11-18)13-14(5-2)6-3/h14-15H,4-13,16H2,1-3H3. The van der Waals surface area contributed by atoms with Crippen molar-refractivity contribution in [2.75, 3.05) is 39.3 Å². The maximum Gasteiger partial charge on any atom is 0.0219 e. The average Bonchev–Trinajstić information content (AvgIpc) is 2.43. The largest absolute Gasteiger partial charge is 0.329 e. The van der Waals surface area contributed by atoms with Crippen LogP contribution < -0.4 is 5.73 Å². The summed E-state index contributed by atoms with van der Waals surface area (Å²) >= 11 is 0. The third kappa shape index (κ3) is 4.87. The molecule has 0 radical (unpaired) electrons. The Balaban J connectivity index is 2.31. The van der Waals surface area contributed by atoms with E-state index in [4.69, 9.17) is 5.73 Å². The third-order valence-corrected chi connectivity index (χ3v) is 4.49. The highest BCUT2D eigenvalue weighted by molar-refractivity contribution is 4.79. The molecule has 1 aliphatic rings. The van der Waals surface area contributed by atoms with Crippen molar-refractivity contribution in [2.45, 2.75) is 52.5 Å². The summed E-state index contributed by atoms with van der Waals surface area (Å²) in [7, 11) is 0. The van der Waals surface area contributed by atoms with Crippen molar-refractivity contribution >= 4 is 0 Å². The van der Waals surface area contributed by atoms with Gasteiger partial charge in [-0.05, 0) is 12.3 Å². The molecular weight excluding hydrogens is 222 g/mol. The highest BCUT2D eigenvalue weighted by Crippen LogP contribution is 2.14. The van der Waals surface area contributed by atoms with Gasteiger partial charge in [0.05, 0.1) is 0 Å². The zero-order valence-corrected chi connectivity index (χ0v) is 12.7. The number of nitrogens with zero attached hydrogens (tertiary/aromatic N) is 2. The molecular formula is C15H33N3. The van der Waals surface area contributed by atoms with Crippen LogP contribution in [0.3, 0.4) is 0 Å². The number of rotatable bonds is 8. The van der Waals surface area contributed by atoms with Crippen molar-refractivity contribution in [3.8, 4) is 0 Å². The lowest BCUT2D eigenvalue weighted by atomic mass is 10.0. The van der Waals surface area contributed by atoms with Crippen LogP contribution in [0.2, 0.25) is 0 Å². The van der Waals surface area contributed by atoms with Crippen molar-refractivity contribution < 1.29 is 0 Å². The van der Waals surface area contributed by atoms with Crippen molar-refractivity contribution in [2.24, 2.45) is 11.7 Å². The van der Waals surface area contributed by atoms with E-state index in [1.807, 2.05) is 0 Å². The summed E-state index contributed by atoms with van der Waals surface area (Å²) in [4.78, 5) is 5.25. The van der Waals surface area contributed by atoms with Gasteiger partial charge in [0.2, 0.25) is 0 Å². The molecule has 0 bridgehead atoms. The molecule has 0 aromatic heterocycles. The van der Waals surface area contributed by atoms with E-state index in [0.29, 0.717) is 6.04 Å². The van der Waals surface area contributed by atoms with Crippen molar-refractivity contribution in [3.05, 3.63) is 0 Å². The first-order chi connectivity index (χ1) is 8.74. The van der Waals surface area contributed by atoms with E-state index in [0.717, 1.165) is 12.5 Å². The molecule has 1 atom stereocenters. The molecule has 1 rings (SSSR count). The molecule has 0 aromatic carbocycles. The predicted molar refractivity (Wildman–Crippen MR) is 79.8 cm³/mol. The molecule has 3 heteroatoms. The van der Waals surface area contributed by atoms with E-state index in [1.54, 1.807) is 0 Å². The van der Waals surface area contributed by atoms with E-state index >= 15 is 0 Å². The minimum absolute atomic E-state index is 0.616. The lowest BCUT2D eigenvalue weighted by molar-refractivity contribution is 0.0836. The fourth-order valence-corrected chi connectivity index (χ4v) is 3.01. The molecule has 1 saturated heterocycles. The van der Waals surface area contributed by atoms with Crippen molar-refractivity contribution in [3.63, 3.8) is 0 Å². The normalized spacial score (nSPS) is 20.5. The summed E-state index contributed by atoms with van der Waals surface area (Å²) in [6.07, 6.45) is 5.13. The summed E-state index contributed by atoms with van der Waals surface area (Å²) in [5, 5.41) is 0. The first kappa shape index (κ1) is 15.9. The SMILES string of the molecule is CCCC(CN)N1CCN(CC(CC)CC)CC1. The summed E-state index contributed by atoms with van der Waals surface area (Å²) in [5.74, 6) is 0.887. The van der Waals surface area contributed by atoms with Crippen LogP contribution in [0.1, 0.15) is 46.5 Å². The van der Waals surface area contributed by atoms with Gasteiger partial charge in [0.15, 0.2) is 0 Å². The van der Waals surface area contributed by atoms with Crippen LogP contribution >= 0.6 is 0 Å². The van der Waals surface area contributed by atoms with Gasteiger partial charge in [-0.25, -0.2) is 0 Å². The predicted octanol–water partition coefficient (Wildman–Crippen LogP) is 2.17. The van der Waals surface area contributed by atoms with Crippen LogP contribution in [-0.2, 0) is 0 Å². The van der Waals surface area contributed by atoms with E-state index in [9.17, 15) is 0 Å². The van der Waals surface area contributed by atoms with Crippen molar-refractivity contribution in [1.82, 2.24) is 9.80 Å². The smallest absolute Gasteiger partial charge is 0.0219 e. The maximum absolute atomic E-state index is 5.89. The minimum Gasteiger partial charge on any atom is -0.329 e. The molecule has 108 valence electrons. The Morgan fingerprint density at radius 1 is 1.00 bits per heavy atom. The Bertz CT molecular complexity index is 196. The number of nitrogens with two attached hydrogens (primary N) is 1. The van der Waals surface area contributed by atoms with Gasteiger partial charge in [0, 0.05) is 45.3 Å². The number of hydrogen-bond donors (Lipinski definition) is 1. The van der Waals surface area contributed by atoms with Gasteiger partial charge >= 0.3 is 0 Å². The van der Waals surface area contributed by atoms with E-state index in [-0.39, 0.29) is 0 Å². The van der Waals surface area contributed by atoms with Crippen LogP contribution in [0, 0.1) is 5.92 Å². The van der Waals surface area contributed by atoms with Crippen molar-refractivity contribution in [1.29, 1.82) is 0 Å². The summed E-state index contributed by atoms with van der Waals surface area (Å²) in [5.41, 5.74) is 5.89. The molecule has 1 aliphatic heterocycles. The molecule has 1 heterocycles. The van der Waals surface area contributed by atoms with Crippen LogP contribution in [0.4, 0.5) is 0 Å². The van der Waals surface area contributed by atoms with Crippen LogP contribution in [0.25, 0.3) is 0 Å². The Morgan fingerprint density at radius 3 is 2.06 bits per heavy atom. The first-order valence-corrected chi connectivity index (χ1v) is 7.91. The Kier molecular flexibility index (Phi) is 7.87. The lowest BCUT2D eigenvalue weighted by Crippen LogP contribution is -2.53. The Hall–Kier alpha value is -0.120. The highest BCUT2D eigenvalue weighted by atomic mass is 15.3. The maximum atomic E-state index is 5.89. The van der Waals surface area contributed by atoms with Crippen LogP contribution in [0.5, 0.6) is 0 Å². The summed E-state index contributed by atoms with van der Waals surface area (Å²) in [6.45, 7) is 13.9. The topological polar surface area (TPSA) is 32.5 Å². The Labute approximate surface area is 114 Å². The highest BCUT2D eigenvalue weighted by Gasteiger charge is 2.23. The van der Waals surface area contributed by atoms with Gasteiger partial charge in [0.1, 0.15) is 0 Å². The fraction of sp³-hybridized carbons (Fsp3) is 1.00. The van der Waals surface area contributed by atoms with E-state index < -0.39 is 0 Å². The third-order valence-electron chi connectivity index (χ3n) is 4.49. The molecule has 3 nitrogen and oxygen atoms in total. The number of piperazine rings is 1. The minimum atomic E-state index is 0.616. The van der Waals surface area contributed by atoms with Gasteiger partial charge in [-0.15, -0.1) is 0 Å². The summed E-state index contributed by atoms with van der Waals surface area (Å²) < 4.78 is 0. The zero-order valence-electron chi connectivity index (χ0n) is 12.7. The van der Waals surface area contributed by atoms with Gasteiger partial charge in [-0.2, -0.15) is 0 Å².